The molecule has 0 aliphatic carbocycles. The normalized spacial score (nSPS) is 12.5. The van der Waals surface area contributed by atoms with Crippen LogP contribution in [0.25, 0.3) is 0 Å². The quantitative estimate of drug-likeness (QED) is 0.790. The molecule has 1 unspecified atom stereocenters. The van der Waals surface area contributed by atoms with Gasteiger partial charge >= 0.3 is 0 Å². The van der Waals surface area contributed by atoms with Gasteiger partial charge in [0.25, 0.3) is 0 Å². The van der Waals surface area contributed by atoms with Crippen LogP contribution in [0.5, 0.6) is 5.75 Å². The molecule has 0 saturated carbocycles. The van der Waals surface area contributed by atoms with Gasteiger partial charge in [-0.15, -0.1) is 0 Å². The molecule has 4 heteroatoms. The summed E-state index contributed by atoms with van der Waals surface area (Å²) < 4.78 is 5.60. The van der Waals surface area contributed by atoms with Crippen molar-refractivity contribution in [2.75, 3.05) is 13.2 Å². The molecular weight excluding hydrogens is 240 g/mol. The lowest BCUT2D eigenvalue weighted by Gasteiger charge is -2.12. The molecule has 2 N–H and O–H groups in total. The Morgan fingerprint density at radius 1 is 1.41 bits per heavy atom. The molecule has 0 aliphatic heterocycles. The Labute approximate surface area is 107 Å². The second-order valence-electron chi connectivity index (χ2n) is 3.98. The van der Waals surface area contributed by atoms with Gasteiger partial charge in [0.15, 0.2) is 0 Å². The van der Waals surface area contributed by atoms with E-state index in [1.165, 1.54) is 0 Å². The second kappa shape index (κ2) is 7.54. The smallest absolute Gasteiger partial charge is 0.122 e. The zero-order valence-corrected chi connectivity index (χ0v) is 10.8. The fourth-order valence-electron chi connectivity index (χ4n) is 1.51. The van der Waals surface area contributed by atoms with Crippen LogP contribution in [0, 0.1) is 0 Å². The van der Waals surface area contributed by atoms with Crippen LogP contribution in [0.2, 0.25) is 5.02 Å². The molecule has 0 saturated heterocycles. The number of aryl methyl sites for hydroxylation is 1. The zero-order chi connectivity index (χ0) is 12.7. The molecule has 0 amide bonds. The van der Waals surface area contributed by atoms with E-state index in [2.05, 4.69) is 0 Å². The van der Waals surface area contributed by atoms with E-state index in [9.17, 15) is 5.11 Å². The van der Waals surface area contributed by atoms with E-state index >= 15 is 0 Å². The van der Waals surface area contributed by atoms with E-state index in [0.29, 0.717) is 24.5 Å². The first kappa shape index (κ1) is 14.3. The van der Waals surface area contributed by atoms with Crippen LogP contribution in [-0.2, 0) is 6.42 Å². The Kier molecular flexibility index (Phi) is 6.34. The van der Waals surface area contributed by atoms with E-state index in [-0.39, 0.29) is 6.61 Å². The molecule has 17 heavy (non-hydrogen) atoms. The summed E-state index contributed by atoms with van der Waals surface area (Å²) in [7, 11) is 0. The minimum Gasteiger partial charge on any atom is -0.493 e. The van der Waals surface area contributed by atoms with Crippen LogP contribution in [0.1, 0.15) is 25.3 Å². The topological polar surface area (TPSA) is 49.7 Å². The number of benzene rings is 1. The van der Waals surface area contributed by atoms with E-state index in [1.807, 2.05) is 19.1 Å². The third kappa shape index (κ3) is 4.94. The van der Waals surface area contributed by atoms with Gasteiger partial charge in [-0.05, 0) is 43.0 Å². The maximum absolute atomic E-state index is 9.33. The van der Waals surface area contributed by atoms with Gasteiger partial charge in [0, 0.05) is 5.02 Å². The first-order chi connectivity index (χ1) is 8.17. The largest absolute Gasteiger partial charge is 0.493 e. The predicted molar refractivity (Wildman–Crippen MR) is 68.7 cm³/mol. The Morgan fingerprint density at radius 2 is 2.18 bits per heavy atom. The molecule has 3 nitrogen and oxygen atoms in total. The lowest BCUT2D eigenvalue weighted by molar-refractivity contribution is 0.0884. The highest BCUT2D eigenvalue weighted by Crippen LogP contribution is 2.24. The minimum absolute atomic E-state index is 0.217. The number of ether oxygens (including phenoxy) is 1. The summed E-state index contributed by atoms with van der Waals surface area (Å²) in [5.41, 5.74) is 0.971. The number of hydrogen-bond donors (Lipinski definition) is 2. The molecular formula is C13H19ClO3. The van der Waals surface area contributed by atoms with Crippen molar-refractivity contribution >= 4 is 11.6 Å². The minimum atomic E-state index is -0.687. The highest BCUT2D eigenvalue weighted by atomic mass is 35.5. The van der Waals surface area contributed by atoms with Gasteiger partial charge in [0.05, 0.1) is 19.3 Å². The summed E-state index contributed by atoms with van der Waals surface area (Å²) in [5, 5.41) is 18.8. The predicted octanol–water partition coefficient (Wildman–Crippen LogP) is 2.41. The fourth-order valence-corrected chi connectivity index (χ4v) is 1.70. The Hall–Kier alpha value is -0.770. The maximum atomic E-state index is 9.33. The number of hydrogen-bond acceptors (Lipinski definition) is 3. The van der Waals surface area contributed by atoms with Crippen molar-refractivity contribution in [3.05, 3.63) is 28.8 Å². The van der Waals surface area contributed by atoms with E-state index < -0.39 is 6.10 Å². The van der Waals surface area contributed by atoms with Crippen molar-refractivity contribution in [2.45, 2.75) is 32.3 Å². The zero-order valence-electron chi connectivity index (χ0n) is 10.0. The van der Waals surface area contributed by atoms with E-state index in [1.54, 1.807) is 6.07 Å². The van der Waals surface area contributed by atoms with E-state index in [0.717, 1.165) is 17.7 Å². The van der Waals surface area contributed by atoms with Crippen LogP contribution in [0.4, 0.5) is 0 Å². The van der Waals surface area contributed by atoms with Crippen molar-refractivity contribution in [1.82, 2.24) is 0 Å². The molecule has 96 valence electrons. The molecule has 1 rings (SSSR count). The average molecular weight is 259 g/mol. The Bertz CT molecular complexity index is 341. The molecule has 1 aromatic carbocycles. The van der Waals surface area contributed by atoms with Gasteiger partial charge in [-0.2, -0.15) is 0 Å². The highest BCUT2D eigenvalue weighted by molar-refractivity contribution is 6.30. The van der Waals surface area contributed by atoms with Gasteiger partial charge in [-0.1, -0.05) is 18.5 Å². The van der Waals surface area contributed by atoms with Crippen LogP contribution in [-0.4, -0.2) is 29.5 Å². The van der Waals surface area contributed by atoms with Gasteiger partial charge in [-0.3, -0.25) is 0 Å². The summed E-state index contributed by atoms with van der Waals surface area (Å²) in [6.07, 6.45) is 1.40. The van der Waals surface area contributed by atoms with Crippen LogP contribution >= 0.6 is 11.6 Å². The van der Waals surface area contributed by atoms with E-state index in [4.69, 9.17) is 21.4 Å². The average Bonchev–Trinajstić information content (AvgIpc) is 2.34. The summed E-state index contributed by atoms with van der Waals surface area (Å²) in [6.45, 7) is 2.49. The van der Waals surface area contributed by atoms with Crippen molar-refractivity contribution in [1.29, 1.82) is 0 Å². The maximum Gasteiger partial charge on any atom is 0.122 e. The molecule has 0 heterocycles. The first-order valence-corrected chi connectivity index (χ1v) is 6.25. The molecule has 0 spiro atoms. The SMILES string of the molecule is CCCOc1ccc(Cl)cc1CCC(O)CO. The lowest BCUT2D eigenvalue weighted by Crippen LogP contribution is -2.13. The van der Waals surface area contributed by atoms with Crippen LogP contribution in [0.3, 0.4) is 0 Å². The monoisotopic (exact) mass is 258 g/mol. The number of aliphatic hydroxyl groups is 2. The lowest BCUT2D eigenvalue weighted by atomic mass is 10.1. The number of halogens is 1. The summed E-state index contributed by atoms with van der Waals surface area (Å²) in [6, 6.07) is 5.48. The molecule has 0 radical (unpaired) electrons. The van der Waals surface area contributed by atoms with Crippen molar-refractivity contribution < 1.29 is 14.9 Å². The fraction of sp³-hybridized carbons (Fsp3) is 0.538. The molecule has 0 aliphatic rings. The molecule has 1 atom stereocenters. The summed E-state index contributed by atoms with van der Waals surface area (Å²) >= 11 is 5.93. The van der Waals surface area contributed by atoms with Crippen LogP contribution in [0.15, 0.2) is 18.2 Å². The first-order valence-electron chi connectivity index (χ1n) is 5.87. The summed E-state index contributed by atoms with van der Waals surface area (Å²) in [4.78, 5) is 0. The standard InChI is InChI=1S/C13H19ClO3/c1-2-7-17-13-6-4-11(14)8-10(13)3-5-12(16)9-15/h4,6,8,12,15-16H,2-3,5,7,9H2,1H3. The molecule has 0 aromatic heterocycles. The summed E-state index contributed by atoms with van der Waals surface area (Å²) in [5.74, 6) is 0.807. The molecule has 0 bridgehead atoms. The van der Waals surface area contributed by atoms with Gasteiger partial charge in [0.2, 0.25) is 0 Å². The van der Waals surface area contributed by atoms with Gasteiger partial charge in [-0.25, -0.2) is 0 Å². The second-order valence-corrected chi connectivity index (χ2v) is 4.41. The molecule has 1 aromatic rings. The van der Waals surface area contributed by atoms with Crippen molar-refractivity contribution in [2.24, 2.45) is 0 Å². The Balaban J connectivity index is 2.69. The van der Waals surface area contributed by atoms with Crippen molar-refractivity contribution in [3.8, 4) is 5.75 Å². The van der Waals surface area contributed by atoms with Gasteiger partial charge in [0.1, 0.15) is 5.75 Å². The van der Waals surface area contributed by atoms with Gasteiger partial charge < -0.3 is 14.9 Å². The van der Waals surface area contributed by atoms with Crippen molar-refractivity contribution in [3.63, 3.8) is 0 Å². The number of rotatable bonds is 7. The third-order valence-electron chi connectivity index (χ3n) is 2.44. The third-order valence-corrected chi connectivity index (χ3v) is 2.68. The van der Waals surface area contributed by atoms with Crippen LogP contribution < -0.4 is 4.74 Å². The Morgan fingerprint density at radius 3 is 2.82 bits per heavy atom. The highest BCUT2D eigenvalue weighted by Gasteiger charge is 2.08. The molecule has 0 fully saturated rings. The number of aliphatic hydroxyl groups excluding tert-OH is 2.